The molecule has 0 bridgehead atoms. The molecule has 0 radical (unpaired) electrons. The van der Waals surface area contributed by atoms with Gasteiger partial charge < -0.3 is 0 Å². The van der Waals surface area contributed by atoms with E-state index in [9.17, 15) is 0 Å². The van der Waals surface area contributed by atoms with Crippen LogP contribution >= 0.6 is 0 Å². The van der Waals surface area contributed by atoms with Gasteiger partial charge in [-0.3, -0.25) is 0 Å². The molecular formula is C28H34. The molecule has 3 aromatic rings. The average molecular weight is 371 g/mol. The van der Waals surface area contributed by atoms with Gasteiger partial charge in [0, 0.05) is 0 Å². The molecule has 0 aromatic heterocycles. The zero-order valence-electron chi connectivity index (χ0n) is 17.7. The van der Waals surface area contributed by atoms with Crippen molar-refractivity contribution in [2.75, 3.05) is 0 Å². The number of hydrogen-bond donors (Lipinski definition) is 0. The van der Waals surface area contributed by atoms with E-state index in [1.54, 1.807) is 11.1 Å². The second-order valence-corrected chi connectivity index (χ2v) is 10.2. The Morgan fingerprint density at radius 3 is 1.25 bits per heavy atom. The molecule has 0 heteroatoms. The predicted molar refractivity (Wildman–Crippen MR) is 122 cm³/mol. The summed E-state index contributed by atoms with van der Waals surface area (Å²) < 4.78 is 0. The third-order valence-electron chi connectivity index (χ3n) is 8.10. The Hall–Kier alpha value is -1.82. The second-order valence-electron chi connectivity index (χ2n) is 10.2. The van der Waals surface area contributed by atoms with E-state index in [-0.39, 0.29) is 0 Å². The maximum absolute atomic E-state index is 2.48. The first kappa shape index (κ1) is 18.2. The van der Waals surface area contributed by atoms with Gasteiger partial charge in [-0.15, -0.1) is 0 Å². The summed E-state index contributed by atoms with van der Waals surface area (Å²) in [7, 11) is 0. The summed E-state index contributed by atoms with van der Waals surface area (Å²) in [6.07, 6.45) is 13.7. The lowest BCUT2D eigenvalue weighted by atomic mass is 9.70. The molecule has 0 N–H and O–H groups in total. The van der Waals surface area contributed by atoms with Crippen LogP contribution in [0.5, 0.6) is 0 Å². The monoisotopic (exact) mass is 370 g/mol. The van der Waals surface area contributed by atoms with Gasteiger partial charge in [-0.1, -0.05) is 88.8 Å². The first-order valence-electron chi connectivity index (χ1n) is 11.5. The maximum atomic E-state index is 2.48. The topological polar surface area (TPSA) is 0 Å². The van der Waals surface area contributed by atoms with Gasteiger partial charge in [0.15, 0.2) is 0 Å². The number of fused-ring (bicyclic) bond motifs is 2. The maximum Gasteiger partial charge on any atom is -0.00750 e. The lowest BCUT2D eigenvalue weighted by molar-refractivity contribution is 0.320. The highest BCUT2D eigenvalue weighted by atomic mass is 14.3. The lowest BCUT2D eigenvalue weighted by Gasteiger charge is -2.34. The van der Waals surface area contributed by atoms with Crippen molar-refractivity contribution in [3.8, 4) is 0 Å². The van der Waals surface area contributed by atoms with Crippen molar-refractivity contribution < 1.29 is 0 Å². The zero-order chi connectivity index (χ0) is 19.2. The van der Waals surface area contributed by atoms with Crippen LogP contribution in [0.1, 0.15) is 89.2 Å². The van der Waals surface area contributed by atoms with Crippen molar-refractivity contribution in [2.45, 2.75) is 88.9 Å². The largest absolute Gasteiger partial charge is 0.0579 e. The molecule has 0 atom stereocenters. The van der Waals surface area contributed by atoms with Crippen LogP contribution in [0.25, 0.3) is 21.5 Å². The third kappa shape index (κ3) is 3.15. The highest BCUT2D eigenvalue weighted by molar-refractivity contribution is 5.98. The molecule has 0 heterocycles. The van der Waals surface area contributed by atoms with Crippen molar-refractivity contribution in [1.29, 1.82) is 0 Å². The van der Waals surface area contributed by atoms with E-state index in [0.717, 1.165) is 0 Å². The third-order valence-corrected chi connectivity index (χ3v) is 8.10. The van der Waals surface area contributed by atoms with E-state index in [1.807, 2.05) is 0 Å². The standard InChI is InChI=1S/C28H34/c1-27(13-5-3-6-14-27)25-11-9-21-18-24-20-26(28(2)15-7-4-8-16-28)12-10-22(24)17-23(21)19-25/h9-12,17-20H,3-8,13-16H2,1-2H3. The molecule has 0 nitrogen and oxygen atoms in total. The molecule has 2 aliphatic carbocycles. The molecule has 5 rings (SSSR count). The van der Waals surface area contributed by atoms with Crippen LogP contribution in [-0.2, 0) is 10.8 Å². The second kappa shape index (κ2) is 6.90. The van der Waals surface area contributed by atoms with Gasteiger partial charge in [0.2, 0.25) is 0 Å². The molecule has 0 spiro atoms. The van der Waals surface area contributed by atoms with E-state index in [4.69, 9.17) is 0 Å². The Kier molecular flexibility index (Phi) is 4.49. The van der Waals surface area contributed by atoms with Crippen LogP contribution in [0, 0.1) is 0 Å². The first-order valence-corrected chi connectivity index (χ1v) is 11.5. The summed E-state index contributed by atoms with van der Waals surface area (Å²) in [5, 5.41) is 5.60. The molecule has 0 aliphatic heterocycles. The van der Waals surface area contributed by atoms with Crippen molar-refractivity contribution in [3.05, 3.63) is 59.7 Å². The fourth-order valence-electron chi connectivity index (χ4n) is 5.99. The van der Waals surface area contributed by atoms with Crippen LogP contribution < -0.4 is 0 Å². The summed E-state index contributed by atoms with van der Waals surface area (Å²) >= 11 is 0. The quantitative estimate of drug-likeness (QED) is 0.397. The van der Waals surface area contributed by atoms with Crippen molar-refractivity contribution in [2.24, 2.45) is 0 Å². The van der Waals surface area contributed by atoms with E-state index < -0.39 is 0 Å². The minimum atomic E-state index is 0.376. The molecule has 146 valence electrons. The predicted octanol–water partition coefficient (Wildman–Crippen LogP) is 8.44. The molecule has 0 saturated heterocycles. The smallest absolute Gasteiger partial charge is 0.00750 e. The summed E-state index contributed by atoms with van der Waals surface area (Å²) in [6, 6.07) is 19.4. The van der Waals surface area contributed by atoms with Crippen LogP contribution in [-0.4, -0.2) is 0 Å². The van der Waals surface area contributed by atoms with E-state index in [1.165, 1.54) is 85.8 Å². The van der Waals surface area contributed by atoms with Crippen molar-refractivity contribution in [1.82, 2.24) is 0 Å². The molecule has 2 fully saturated rings. The SMILES string of the molecule is CC1(c2ccc3cc4cc(C5(C)CCCCC5)ccc4cc3c2)CCCCC1. The lowest BCUT2D eigenvalue weighted by Crippen LogP contribution is -2.25. The van der Waals surface area contributed by atoms with Crippen LogP contribution in [0.15, 0.2) is 48.5 Å². The molecular weight excluding hydrogens is 336 g/mol. The summed E-state index contributed by atoms with van der Waals surface area (Å²) in [6.45, 7) is 4.96. The normalized spacial score (nSPS) is 21.8. The van der Waals surface area contributed by atoms with Gasteiger partial charge >= 0.3 is 0 Å². The molecule has 0 unspecified atom stereocenters. The zero-order valence-corrected chi connectivity index (χ0v) is 17.7. The minimum Gasteiger partial charge on any atom is -0.0579 e. The van der Waals surface area contributed by atoms with Crippen LogP contribution in [0.4, 0.5) is 0 Å². The van der Waals surface area contributed by atoms with E-state index >= 15 is 0 Å². The minimum absolute atomic E-state index is 0.376. The molecule has 2 saturated carbocycles. The highest BCUT2D eigenvalue weighted by Gasteiger charge is 2.30. The number of hydrogen-bond acceptors (Lipinski definition) is 0. The molecule has 28 heavy (non-hydrogen) atoms. The number of rotatable bonds is 2. The Morgan fingerprint density at radius 2 is 0.857 bits per heavy atom. The van der Waals surface area contributed by atoms with Gasteiger partial charge in [-0.25, -0.2) is 0 Å². The summed E-state index contributed by atoms with van der Waals surface area (Å²) in [5.41, 5.74) is 3.84. The highest BCUT2D eigenvalue weighted by Crippen LogP contribution is 2.42. The Bertz CT molecular complexity index is 914. The van der Waals surface area contributed by atoms with Gasteiger partial charge in [-0.05, 0) is 81.3 Å². The molecule has 2 aliphatic rings. The molecule has 0 amide bonds. The van der Waals surface area contributed by atoms with E-state index in [0.29, 0.717) is 10.8 Å². The van der Waals surface area contributed by atoms with Crippen molar-refractivity contribution in [3.63, 3.8) is 0 Å². The molecule has 3 aromatic carbocycles. The Labute approximate surface area is 170 Å². The van der Waals surface area contributed by atoms with Crippen LogP contribution in [0.3, 0.4) is 0 Å². The first-order chi connectivity index (χ1) is 13.6. The fourth-order valence-corrected chi connectivity index (χ4v) is 5.99. The summed E-state index contributed by atoms with van der Waals surface area (Å²) in [5.74, 6) is 0. The Morgan fingerprint density at radius 1 is 0.464 bits per heavy atom. The van der Waals surface area contributed by atoms with E-state index in [2.05, 4.69) is 62.4 Å². The van der Waals surface area contributed by atoms with Gasteiger partial charge in [0.05, 0.1) is 0 Å². The summed E-state index contributed by atoms with van der Waals surface area (Å²) in [4.78, 5) is 0. The van der Waals surface area contributed by atoms with Gasteiger partial charge in [0.25, 0.3) is 0 Å². The number of benzene rings is 3. The Balaban J connectivity index is 1.55. The fraction of sp³-hybridized carbons (Fsp3) is 0.500. The van der Waals surface area contributed by atoms with Gasteiger partial charge in [-0.2, -0.15) is 0 Å². The average Bonchev–Trinajstić information content (AvgIpc) is 2.72. The van der Waals surface area contributed by atoms with Gasteiger partial charge in [0.1, 0.15) is 0 Å². The van der Waals surface area contributed by atoms with Crippen LogP contribution in [0.2, 0.25) is 0 Å². The van der Waals surface area contributed by atoms with Crippen molar-refractivity contribution >= 4 is 21.5 Å².